The van der Waals surface area contributed by atoms with Crippen LogP contribution in [0.15, 0.2) is 24.3 Å². The Morgan fingerprint density at radius 2 is 1.86 bits per heavy atom. The summed E-state index contributed by atoms with van der Waals surface area (Å²) in [6, 6.07) is 7.11. The topological polar surface area (TPSA) is 38.7 Å². The number of hydrogen-bond acceptors (Lipinski definition) is 3. The van der Waals surface area contributed by atoms with E-state index in [-0.39, 0.29) is 5.75 Å². The molecule has 1 saturated heterocycles. The van der Waals surface area contributed by atoms with Crippen LogP contribution in [0.2, 0.25) is 0 Å². The van der Waals surface area contributed by atoms with Gasteiger partial charge in [0.15, 0.2) is 5.79 Å². The molecule has 0 atom stereocenters. The molecule has 76 valence electrons. The van der Waals surface area contributed by atoms with E-state index >= 15 is 0 Å². The highest BCUT2D eigenvalue weighted by Gasteiger charge is 2.33. The van der Waals surface area contributed by atoms with Crippen LogP contribution in [-0.4, -0.2) is 18.3 Å². The van der Waals surface area contributed by atoms with Gasteiger partial charge in [0.2, 0.25) is 0 Å². The molecule has 3 nitrogen and oxygen atoms in total. The monoisotopic (exact) mass is 194 g/mol. The first-order valence-corrected chi connectivity index (χ1v) is 4.79. The lowest BCUT2D eigenvalue weighted by molar-refractivity contribution is -0.265. The number of aromatic hydroxyl groups is 1. The maximum Gasteiger partial charge on any atom is 0.195 e. The Hall–Kier alpha value is -1.06. The highest BCUT2D eigenvalue weighted by molar-refractivity contribution is 5.35. The van der Waals surface area contributed by atoms with Crippen molar-refractivity contribution in [1.82, 2.24) is 0 Å². The van der Waals surface area contributed by atoms with Gasteiger partial charge in [-0.2, -0.15) is 0 Å². The van der Waals surface area contributed by atoms with Gasteiger partial charge in [-0.1, -0.05) is 12.1 Å². The summed E-state index contributed by atoms with van der Waals surface area (Å²) in [6.07, 6.45) is 0.906. The van der Waals surface area contributed by atoms with Crippen molar-refractivity contribution >= 4 is 0 Å². The number of phenolic OH excluding ortho intramolecular Hbond substituents is 1. The second-order valence-electron chi connectivity index (χ2n) is 3.51. The number of phenols is 1. The molecular formula is C11H14O3. The lowest BCUT2D eigenvalue weighted by atomic mass is 10.1. The molecule has 1 fully saturated rings. The largest absolute Gasteiger partial charge is 0.507 e. The Balaban J connectivity index is 2.32. The van der Waals surface area contributed by atoms with Gasteiger partial charge in [0.25, 0.3) is 0 Å². The number of para-hydroxylation sites is 1. The van der Waals surface area contributed by atoms with Crippen LogP contribution in [-0.2, 0) is 15.3 Å². The van der Waals surface area contributed by atoms with Gasteiger partial charge in [0.05, 0.1) is 18.8 Å². The molecular weight excluding hydrogens is 180 g/mol. The third-order valence-corrected chi connectivity index (χ3v) is 2.44. The third-order valence-electron chi connectivity index (χ3n) is 2.44. The van der Waals surface area contributed by atoms with Crippen LogP contribution in [0.4, 0.5) is 0 Å². The first-order chi connectivity index (χ1) is 6.72. The quantitative estimate of drug-likeness (QED) is 0.743. The summed E-state index contributed by atoms with van der Waals surface area (Å²) < 4.78 is 11.1. The Bertz CT molecular complexity index is 316. The normalized spacial score (nSPS) is 20.6. The summed E-state index contributed by atoms with van der Waals surface area (Å²) in [7, 11) is 0. The van der Waals surface area contributed by atoms with Crippen molar-refractivity contribution in [2.75, 3.05) is 13.2 Å². The lowest BCUT2D eigenvalue weighted by Gasteiger charge is -2.34. The first kappa shape index (κ1) is 9.49. The maximum absolute atomic E-state index is 9.67. The second-order valence-corrected chi connectivity index (χ2v) is 3.51. The lowest BCUT2D eigenvalue weighted by Crippen LogP contribution is -2.34. The van der Waals surface area contributed by atoms with Gasteiger partial charge in [-0.3, -0.25) is 0 Å². The second kappa shape index (κ2) is 3.59. The third kappa shape index (κ3) is 1.61. The van der Waals surface area contributed by atoms with Gasteiger partial charge in [0, 0.05) is 0 Å². The average Bonchev–Trinajstić information content (AvgIpc) is 2.19. The molecule has 14 heavy (non-hydrogen) atoms. The van der Waals surface area contributed by atoms with Crippen molar-refractivity contribution in [3.63, 3.8) is 0 Å². The Morgan fingerprint density at radius 1 is 1.21 bits per heavy atom. The van der Waals surface area contributed by atoms with E-state index in [0.29, 0.717) is 18.8 Å². The van der Waals surface area contributed by atoms with Gasteiger partial charge in [0.1, 0.15) is 5.75 Å². The SMILES string of the molecule is CC1(c2ccccc2O)OCCCO1. The zero-order chi connectivity index (χ0) is 10.0. The molecule has 3 heteroatoms. The van der Waals surface area contributed by atoms with Gasteiger partial charge < -0.3 is 14.6 Å². The molecule has 1 aromatic rings. The summed E-state index contributed by atoms with van der Waals surface area (Å²) in [5, 5.41) is 9.67. The van der Waals surface area contributed by atoms with Crippen molar-refractivity contribution in [3.8, 4) is 5.75 Å². The average molecular weight is 194 g/mol. The first-order valence-electron chi connectivity index (χ1n) is 4.79. The van der Waals surface area contributed by atoms with Gasteiger partial charge in [-0.05, 0) is 25.5 Å². The maximum atomic E-state index is 9.67. The minimum Gasteiger partial charge on any atom is -0.507 e. The summed E-state index contributed by atoms with van der Waals surface area (Å²) in [4.78, 5) is 0. The van der Waals surface area contributed by atoms with Gasteiger partial charge in [-0.25, -0.2) is 0 Å². The Labute approximate surface area is 83.3 Å². The smallest absolute Gasteiger partial charge is 0.195 e. The molecule has 0 aliphatic carbocycles. The molecule has 1 heterocycles. The molecule has 0 saturated carbocycles. The minimum atomic E-state index is -0.788. The van der Waals surface area contributed by atoms with Crippen molar-refractivity contribution in [1.29, 1.82) is 0 Å². The predicted molar refractivity (Wildman–Crippen MR) is 52.0 cm³/mol. The van der Waals surface area contributed by atoms with Gasteiger partial charge in [-0.15, -0.1) is 0 Å². The van der Waals surface area contributed by atoms with Crippen LogP contribution in [0.25, 0.3) is 0 Å². The summed E-state index contributed by atoms with van der Waals surface area (Å²) >= 11 is 0. The highest BCUT2D eigenvalue weighted by atomic mass is 16.7. The molecule has 0 spiro atoms. The fourth-order valence-electron chi connectivity index (χ4n) is 1.65. The van der Waals surface area contributed by atoms with E-state index in [1.807, 2.05) is 19.1 Å². The molecule has 1 aliphatic rings. The van der Waals surface area contributed by atoms with E-state index in [2.05, 4.69) is 0 Å². The van der Waals surface area contributed by atoms with Crippen molar-refractivity contribution in [3.05, 3.63) is 29.8 Å². The fourth-order valence-corrected chi connectivity index (χ4v) is 1.65. The van der Waals surface area contributed by atoms with E-state index < -0.39 is 5.79 Å². The number of benzene rings is 1. The number of rotatable bonds is 1. The van der Waals surface area contributed by atoms with Gasteiger partial charge >= 0.3 is 0 Å². The molecule has 0 radical (unpaired) electrons. The van der Waals surface area contributed by atoms with E-state index in [4.69, 9.17) is 9.47 Å². The zero-order valence-electron chi connectivity index (χ0n) is 8.19. The summed E-state index contributed by atoms with van der Waals surface area (Å²) in [5.41, 5.74) is 0.694. The zero-order valence-corrected chi connectivity index (χ0v) is 8.19. The predicted octanol–water partition coefficient (Wildman–Crippen LogP) is 2.00. The van der Waals surface area contributed by atoms with Crippen LogP contribution in [0.5, 0.6) is 5.75 Å². The fraction of sp³-hybridized carbons (Fsp3) is 0.455. The number of hydrogen-bond donors (Lipinski definition) is 1. The van der Waals surface area contributed by atoms with E-state index in [1.54, 1.807) is 12.1 Å². The van der Waals surface area contributed by atoms with E-state index in [1.165, 1.54) is 0 Å². The molecule has 0 bridgehead atoms. The molecule has 0 aromatic heterocycles. The molecule has 1 N–H and O–H groups in total. The Morgan fingerprint density at radius 3 is 2.50 bits per heavy atom. The summed E-state index contributed by atoms with van der Waals surface area (Å²) in [5.74, 6) is -0.569. The van der Waals surface area contributed by atoms with Crippen molar-refractivity contribution in [2.24, 2.45) is 0 Å². The molecule has 0 unspecified atom stereocenters. The highest BCUT2D eigenvalue weighted by Crippen LogP contribution is 2.35. The van der Waals surface area contributed by atoms with Crippen LogP contribution in [0.3, 0.4) is 0 Å². The van der Waals surface area contributed by atoms with Crippen LogP contribution in [0.1, 0.15) is 18.9 Å². The van der Waals surface area contributed by atoms with E-state index in [9.17, 15) is 5.11 Å². The van der Waals surface area contributed by atoms with Crippen LogP contribution < -0.4 is 0 Å². The molecule has 1 aliphatic heterocycles. The van der Waals surface area contributed by atoms with Crippen LogP contribution in [0, 0.1) is 0 Å². The molecule has 1 aromatic carbocycles. The minimum absolute atomic E-state index is 0.219. The summed E-state index contributed by atoms with van der Waals surface area (Å²) in [6.45, 7) is 3.18. The van der Waals surface area contributed by atoms with E-state index in [0.717, 1.165) is 6.42 Å². The van der Waals surface area contributed by atoms with Crippen molar-refractivity contribution < 1.29 is 14.6 Å². The standard InChI is InChI=1S/C11H14O3/c1-11(13-7-4-8-14-11)9-5-2-3-6-10(9)12/h2-3,5-6,12H,4,7-8H2,1H3. The van der Waals surface area contributed by atoms with Crippen LogP contribution >= 0.6 is 0 Å². The molecule has 0 amide bonds. The number of ether oxygens (including phenoxy) is 2. The Kier molecular flexibility index (Phi) is 2.44. The van der Waals surface area contributed by atoms with Crippen molar-refractivity contribution in [2.45, 2.75) is 19.1 Å². The molecule has 2 rings (SSSR count).